The maximum atomic E-state index is 5.45. The highest BCUT2D eigenvalue weighted by Gasteiger charge is 2.04. The van der Waals surface area contributed by atoms with Gasteiger partial charge in [-0.1, -0.05) is 23.8 Å². The molecule has 4 heteroatoms. The van der Waals surface area contributed by atoms with Gasteiger partial charge in [0.25, 0.3) is 0 Å². The third kappa shape index (κ3) is 3.03. The van der Waals surface area contributed by atoms with Gasteiger partial charge >= 0.3 is 0 Å². The van der Waals surface area contributed by atoms with Crippen molar-refractivity contribution in [2.24, 2.45) is 5.84 Å². The van der Waals surface area contributed by atoms with Gasteiger partial charge in [-0.15, -0.1) is 11.8 Å². The summed E-state index contributed by atoms with van der Waals surface area (Å²) in [7, 11) is 0. The van der Waals surface area contributed by atoms with E-state index in [1.165, 1.54) is 16.0 Å². The molecule has 1 aromatic heterocycles. The first kappa shape index (κ1) is 12.9. The molecule has 1 aromatic carbocycles. The minimum atomic E-state index is 0.746. The van der Waals surface area contributed by atoms with Crippen molar-refractivity contribution in [2.75, 3.05) is 5.43 Å². The van der Waals surface area contributed by atoms with Gasteiger partial charge in [-0.3, -0.25) is 0 Å². The second-order valence-corrected chi connectivity index (χ2v) is 5.23. The summed E-state index contributed by atoms with van der Waals surface area (Å²) < 4.78 is 0. The van der Waals surface area contributed by atoms with Crippen molar-refractivity contribution in [3.8, 4) is 0 Å². The molecular weight excluding hydrogens is 242 g/mol. The van der Waals surface area contributed by atoms with E-state index in [1.807, 2.05) is 23.9 Å². The van der Waals surface area contributed by atoms with Crippen LogP contribution in [-0.4, -0.2) is 4.98 Å². The molecule has 1 heterocycles. The molecule has 2 aromatic rings. The van der Waals surface area contributed by atoms with E-state index in [-0.39, 0.29) is 0 Å². The Morgan fingerprint density at radius 2 is 2.11 bits per heavy atom. The minimum Gasteiger partial charge on any atom is -0.308 e. The molecule has 0 aliphatic carbocycles. The molecule has 0 aliphatic rings. The summed E-state index contributed by atoms with van der Waals surface area (Å²) in [4.78, 5) is 5.51. The number of anilines is 1. The van der Waals surface area contributed by atoms with Crippen LogP contribution in [0.1, 0.15) is 16.7 Å². The Balaban J connectivity index is 2.14. The monoisotopic (exact) mass is 259 g/mol. The number of nitrogens with one attached hydrogen (secondary N) is 1. The zero-order valence-electron chi connectivity index (χ0n) is 10.6. The molecule has 0 saturated carbocycles. The molecule has 0 fully saturated rings. The predicted molar refractivity (Wildman–Crippen MR) is 77.5 cm³/mol. The van der Waals surface area contributed by atoms with Gasteiger partial charge < -0.3 is 5.43 Å². The first-order valence-electron chi connectivity index (χ1n) is 5.81. The van der Waals surface area contributed by atoms with Gasteiger partial charge in [-0.05, 0) is 31.5 Å². The molecule has 0 spiro atoms. The van der Waals surface area contributed by atoms with Crippen LogP contribution in [0.3, 0.4) is 0 Å². The normalized spacial score (nSPS) is 10.4. The maximum Gasteiger partial charge on any atom is 0.143 e. The van der Waals surface area contributed by atoms with Crippen LogP contribution in [0.25, 0.3) is 0 Å². The predicted octanol–water partition coefficient (Wildman–Crippen LogP) is 3.28. The van der Waals surface area contributed by atoms with E-state index < -0.39 is 0 Å². The summed E-state index contributed by atoms with van der Waals surface area (Å²) in [5, 5.41) is 0. The van der Waals surface area contributed by atoms with Gasteiger partial charge in [-0.25, -0.2) is 10.8 Å². The van der Waals surface area contributed by atoms with Crippen molar-refractivity contribution < 1.29 is 0 Å². The van der Waals surface area contributed by atoms with Gasteiger partial charge in [0.05, 0.1) is 0 Å². The zero-order chi connectivity index (χ0) is 13.0. The SMILES string of the molecule is Cc1ccc(C)c(SCc2cccnc2NN)c1. The first-order valence-corrected chi connectivity index (χ1v) is 6.80. The molecule has 0 aliphatic heterocycles. The fourth-order valence-corrected chi connectivity index (χ4v) is 2.81. The number of benzene rings is 1. The Kier molecular flexibility index (Phi) is 4.23. The summed E-state index contributed by atoms with van der Waals surface area (Å²) in [5.41, 5.74) is 6.34. The highest BCUT2D eigenvalue weighted by Crippen LogP contribution is 2.28. The van der Waals surface area contributed by atoms with Crippen LogP contribution in [0.2, 0.25) is 0 Å². The Morgan fingerprint density at radius 3 is 2.89 bits per heavy atom. The van der Waals surface area contributed by atoms with Crippen LogP contribution in [0, 0.1) is 13.8 Å². The summed E-state index contributed by atoms with van der Waals surface area (Å²) in [6, 6.07) is 10.5. The molecule has 94 valence electrons. The zero-order valence-corrected chi connectivity index (χ0v) is 11.4. The van der Waals surface area contributed by atoms with E-state index in [1.54, 1.807) is 6.20 Å². The minimum absolute atomic E-state index is 0.746. The van der Waals surface area contributed by atoms with E-state index in [0.717, 1.165) is 17.1 Å². The quantitative estimate of drug-likeness (QED) is 0.502. The Labute approximate surface area is 112 Å². The summed E-state index contributed by atoms with van der Waals surface area (Å²) in [5.74, 6) is 7.06. The Morgan fingerprint density at radius 1 is 1.28 bits per heavy atom. The number of aryl methyl sites for hydroxylation is 2. The second-order valence-electron chi connectivity index (χ2n) is 4.21. The first-order chi connectivity index (χ1) is 8.70. The molecule has 0 radical (unpaired) electrons. The number of hydrogen-bond acceptors (Lipinski definition) is 4. The summed E-state index contributed by atoms with van der Waals surface area (Å²) in [6.45, 7) is 4.24. The molecule has 0 unspecified atom stereocenters. The van der Waals surface area contributed by atoms with Crippen molar-refractivity contribution >= 4 is 17.6 Å². The molecular formula is C14H17N3S. The number of nitrogen functional groups attached to an aromatic ring is 1. The Hall–Kier alpha value is -1.52. The van der Waals surface area contributed by atoms with Gasteiger partial charge in [0.15, 0.2) is 0 Å². The van der Waals surface area contributed by atoms with Crippen molar-refractivity contribution in [1.82, 2.24) is 4.98 Å². The number of hydrogen-bond donors (Lipinski definition) is 2. The number of nitrogens with two attached hydrogens (primary N) is 1. The van der Waals surface area contributed by atoms with Gasteiger partial charge in [-0.2, -0.15) is 0 Å². The Bertz CT molecular complexity index is 540. The topological polar surface area (TPSA) is 50.9 Å². The lowest BCUT2D eigenvalue weighted by molar-refractivity contribution is 1.18. The van der Waals surface area contributed by atoms with E-state index in [0.29, 0.717) is 0 Å². The van der Waals surface area contributed by atoms with Crippen molar-refractivity contribution in [3.05, 3.63) is 53.2 Å². The lowest BCUT2D eigenvalue weighted by atomic mass is 10.2. The molecule has 0 saturated heterocycles. The van der Waals surface area contributed by atoms with Crippen LogP contribution < -0.4 is 11.3 Å². The van der Waals surface area contributed by atoms with Crippen LogP contribution in [0.15, 0.2) is 41.4 Å². The standard InChI is InChI=1S/C14H17N3S/c1-10-5-6-11(2)13(8-10)18-9-12-4-3-7-16-14(12)17-15/h3-8H,9,15H2,1-2H3,(H,16,17). The molecule has 0 amide bonds. The molecule has 18 heavy (non-hydrogen) atoms. The number of nitrogens with zero attached hydrogens (tertiary/aromatic N) is 1. The van der Waals surface area contributed by atoms with Gasteiger partial charge in [0.2, 0.25) is 0 Å². The van der Waals surface area contributed by atoms with E-state index in [9.17, 15) is 0 Å². The molecule has 3 nitrogen and oxygen atoms in total. The van der Waals surface area contributed by atoms with E-state index in [2.05, 4.69) is 42.5 Å². The largest absolute Gasteiger partial charge is 0.308 e. The third-order valence-electron chi connectivity index (χ3n) is 2.75. The van der Waals surface area contributed by atoms with Crippen LogP contribution in [-0.2, 0) is 5.75 Å². The van der Waals surface area contributed by atoms with Crippen molar-refractivity contribution in [1.29, 1.82) is 0 Å². The molecule has 2 rings (SSSR count). The number of aromatic nitrogens is 1. The highest BCUT2D eigenvalue weighted by atomic mass is 32.2. The van der Waals surface area contributed by atoms with Crippen LogP contribution >= 0.6 is 11.8 Å². The van der Waals surface area contributed by atoms with Crippen LogP contribution in [0.4, 0.5) is 5.82 Å². The van der Waals surface area contributed by atoms with Crippen molar-refractivity contribution in [2.45, 2.75) is 24.5 Å². The van der Waals surface area contributed by atoms with Crippen molar-refractivity contribution in [3.63, 3.8) is 0 Å². The number of hydrazine groups is 1. The molecule has 3 N–H and O–H groups in total. The lowest BCUT2D eigenvalue weighted by Gasteiger charge is -2.09. The average Bonchev–Trinajstić information content (AvgIpc) is 2.40. The van der Waals surface area contributed by atoms with E-state index >= 15 is 0 Å². The summed E-state index contributed by atoms with van der Waals surface area (Å²) in [6.07, 6.45) is 1.74. The van der Waals surface area contributed by atoms with Gasteiger partial charge in [0, 0.05) is 22.4 Å². The fourth-order valence-electron chi connectivity index (χ4n) is 1.70. The third-order valence-corrected chi connectivity index (χ3v) is 3.96. The smallest absolute Gasteiger partial charge is 0.143 e. The second kappa shape index (κ2) is 5.89. The highest BCUT2D eigenvalue weighted by molar-refractivity contribution is 7.98. The van der Waals surface area contributed by atoms with Crippen LogP contribution in [0.5, 0.6) is 0 Å². The number of rotatable bonds is 4. The average molecular weight is 259 g/mol. The van der Waals surface area contributed by atoms with E-state index in [4.69, 9.17) is 5.84 Å². The summed E-state index contributed by atoms with van der Waals surface area (Å²) >= 11 is 1.81. The fraction of sp³-hybridized carbons (Fsp3) is 0.214. The van der Waals surface area contributed by atoms with Gasteiger partial charge in [0.1, 0.15) is 5.82 Å². The lowest BCUT2D eigenvalue weighted by Crippen LogP contribution is -2.10. The number of thioether (sulfide) groups is 1. The molecule has 0 bridgehead atoms. The maximum absolute atomic E-state index is 5.45. The molecule has 0 atom stereocenters. The number of pyridine rings is 1.